The van der Waals surface area contributed by atoms with Gasteiger partial charge in [0.25, 0.3) is 0 Å². The molecule has 0 aliphatic heterocycles. The third-order valence-electron chi connectivity index (χ3n) is 4.03. The van der Waals surface area contributed by atoms with Gasteiger partial charge in [-0.05, 0) is 36.1 Å². The predicted molar refractivity (Wildman–Crippen MR) is 77.7 cm³/mol. The number of hydrogen-bond donors (Lipinski definition) is 1. The van der Waals surface area contributed by atoms with Gasteiger partial charge in [-0.1, -0.05) is 0 Å². The van der Waals surface area contributed by atoms with Gasteiger partial charge in [-0.2, -0.15) is 5.10 Å². The summed E-state index contributed by atoms with van der Waals surface area (Å²) in [5.74, 6) is 0.693. The van der Waals surface area contributed by atoms with Crippen molar-refractivity contribution in [2.24, 2.45) is 7.05 Å². The Morgan fingerprint density at radius 2 is 2.10 bits per heavy atom. The van der Waals surface area contributed by atoms with Gasteiger partial charge >= 0.3 is 0 Å². The molecule has 2 N–H and O–H groups in total. The highest BCUT2D eigenvalue weighted by Crippen LogP contribution is 2.42. The van der Waals surface area contributed by atoms with Crippen molar-refractivity contribution >= 4 is 5.69 Å². The number of aromatic nitrogens is 2. The number of fused-ring (bicyclic) bond motifs is 3. The predicted octanol–water partition coefficient (Wildman–Crippen LogP) is 2.31. The average molecular weight is 273 g/mol. The number of anilines is 1. The maximum absolute atomic E-state index is 6.06. The van der Waals surface area contributed by atoms with Crippen molar-refractivity contribution in [3.8, 4) is 16.9 Å². The Kier molecular flexibility index (Phi) is 3.14. The molecule has 0 spiro atoms. The Morgan fingerprint density at radius 1 is 1.30 bits per heavy atom. The lowest BCUT2D eigenvalue weighted by atomic mass is 9.97. The van der Waals surface area contributed by atoms with E-state index in [0.29, 0.717) is 11.4 Å². The molecule has 0 amide bonds. The monoisotopic (exact) mass is 273 g/mol. The largest absolute Gasteiger partial charge is 0.495 e. The van der Waals surface area contributed by atoms with Crippen LogP contribution in [0, 0.1) is 0 Å². The molecule has 1 aromatic carbocycles. The second-order valence-corrected chi connectivity index (χ2v) is 5.07. The van der Waals surface area contributed by atoms with Crippen LogP contribution >= 0.6 is 0 Å². The first kappa shape index (κ1) is 13.0. The molecule has 0 radical (unpaired) electrons. The molecule has 5 nitrogen and oxygen atoms in total. The minimum absolute atomic E-state index is 0.0481. The SMILES string of the molecule is COc1cc2c(cc1N)-c1cnn(C)c1CCC2OC. The standard InChI is InChI=1S/C15H19N3O2/c1-18-13-4-5-14(19-2)10-7-15(20-3)12(16)6-9(10)11(13)8-17-18/h6-8,14H,4-5,16H2,1-3H3. The third kappa shape index (κ3) is 1.86. The van der Waals surface area contributed by atoms with Crippen LogP contribution in [0.4, 0.5) is 5.69 Å². The summed E-state index contributed by atoms with van der Waals surface area (Å²) in [5.41, 5.74) is 11.3. The molecule has 1 atom stereocenters. The van der Waals surface area contributed by atoms with Crippen molar-refractivity contribution in [3.05, 3.63) is 29.6 Å². The van der Waals surface area contributed by atoms with Crippen LogP contribution in [0.25, 0.3) is 11.1 Å². The first-order valence-corrected chi connectivity index (χ1v) is 6.67. The van der Waals surface area contributed by atoms with Crippen LogP contribution in [-0.2, 0) is 18.2 Å². The van der Waals surface area contributed by atoms with E-state index in [4.69, 9.17) is 15.2 Å². The maximum Gasteiger partial charge on any atom is 0.142 e. The summed E-state index contributed by atoms with van der Waals surface area (Å²) in [5, 5.41) is 4.37. The van der Waals surface area contributed by atoms with Gasteiger partial charge in [0.15, 0.2) is 0 Å². The Labute approximate surface area is 118 Å². The highest BCUT2D eigenvalue weighted by atomic mass is 16.5. The molecule has 0 saturated heterocycles. The number of ether oxygens (including phenoxy) is 2. The summed E-state index contributed by atoms with van der Waals surface area (Å²) in [6, 6.07) is 3.95. The molecule has 0 saturated carbocycles. The Bertz CT molecular complexity index is 649. The molecule has 1 aliphatic rings. The fourth-order valence-corrected chi connectivity index (χ4v) is 2.94. The molecule has 1 unspecified atom stereocenters. The Morgan fingerprint density at radius 3 is 2.80 bits per heavy atom. The Hall–Kier alpha value is -2.01. The van der Waals surface area contributed by atoms with E-state index in [1.807, 2.05) is 30.1 Å². The second-order valence-electron chi connectivity index (χ2n) is 5.07. The molecule has 1 aliphatic carbocycles. The molecule has 2 aromatic rings. The molecule has 20 heavy (non-hydrogen) atoms. The van der Waals surface area contributed by atoms with Crippen molar-refractivity contribution in [1.29, 1.82) is 0 Å². The number of methoxy groups -OCH3 is 2. The van der Waals surface area contributed by atoms with Gasteiger partial charge in [-0.15, -0.1) is 0 Å². The van der Waals surface area contributed by atoms with Gasteiger partial charge in [0.2, 0.25) is 0 Å². The van der Waals surface area contributed by atoms with Gasteiger partial charge in [0.1, 0.15) is 5.75 Å². The van der Waals surface area contributed by atoms with Crippen molar-refractivity contribution in [2.45, 2.75) is 18.9 Å². The van der Waals surface area contributed by atoms with Crippen LogP contribution in [0.15, 0.2) is 18.3 Å². The van der Waals surface area contributed by atoms with E-state index in [1.165, 1.54) is 5.69 Å². The van der Waals surface area contributed by atoms with Gasteiger partial charge in [0, 0.05) is 25.4 Å². The van der Waals surface area contributed by atoms with Crippen molar-refractivity contribution in [3.63, 3.8) is 0 Å². The summed E-state index contributed by atoms with van der Waals surface area (Å²) < 4.78 is 12.9. The first-order chi connectivity index (χ1) is 9.65. The van der Waals surface area contributed by atoms with Crippen LogP contribution in [-0.4, -0.2) is 24.0 Å². The van der Waals surface area contributed by atoms with Gasteiger partial charge in [-0.25, -0.2) is 0 Å². The fraction of sp³-hybridized carbons (Fsp3) is 0.400. The molecular formula is C15H19N3O2. The van der Waals surface area contributed by atoms with Crippen LogP contribution < -0.4 is 10.5 Å². The van der Waals surface area contributed by atoms with E-state index in [0.717, 1.165) is 29.5 Å². The quantitative estimate of drug-likeness (QED) is 0.853. The molecule has 1 heterocycles. The number of hydrogen-bond acceptors (Lipinski definition) is 4. The maximum atomic E-state index is 6.06. The highest BCUT2D eigenvalue weighted by Gasteiger charge is 2.25. The number of nitrogen functional groups attached to an aromatic ring is 1. The molecule has 0 bridgehead atoms. The summed E-state index contributed by atoms with van der Waals surface area (Å²) in [6.07, 6.45) is 3.80. The number of nitrogens with two attached hydrogens (primary N) is 1. The Balaban J connectivity index is 2.26. The molecular weight excluding hydrogens is 254 g/mol. The van der Waals surface area contributed by atoms with Crippen molar-refractivity contribution in [2.75, 3.05) is 20.0 Å². The zero-order valence-electron chi connectivity index (χ0n) is 12.0. The zero-order chi connectivity index (χ0) is 14.3. The van der Waals surface area contributed by atoms with Crippen molar-refractivity contribution in [1.82, 2.24) is 9.78 Å². The number of nitrogens with zero attached hydrogens (tertiary/aromatic N) is 2. The zero-order valence-corrected chi connectivity index (χ0v) is 12.0. The van der Waals surface area contributed by atoms with Gasteiger partial charge in [-0.3, -0.25) is 4.68 Å². The normalized spacial score (nSPS) is 17.2. The minimum Gasteiger partial charge on any atom is -0.495 e. The fourth-order valence-electron chi connectivity index (χ4n) is 2.94. The lowest BCUT2D eigenvalue weighted by molar-refractivity contribution is 0.0965. The topological polar surface area (TPSA) is 62.3 Å². The van der Waals surface area contributed by atoms with E-state index < -0.39 is 0 Å². The van der Waals surface area contributed by atoms with E-state index in [-0.39, 0.29) is 6.10 Å². The molecule has 0 fully saturated rings. The molecule has 1 aromatic heterocycles. The van der Waals surface area contributed by atoms with E-state index >= 15 is 0 Å². The van der Waals surface area contributed by atoms with Crippen molar-refractivity contribution < 1.29 is 9.47 Å². The smallest absolute Gasteiger partial charge is 0.142 e. The average Bonchev–Trinajstić information content (AvgIpc) is 2.74. The lowest BCUT2D eigenvalue weighted by Crippen LogP contribution is -2.05. The van der Waals surface area contributed by atoms with Crippen LogP contribution in [0.2, 0.25) is 0 Å². The summed E-state index contributed by atoms with van der Waals surface area (Å²) in [4.78, 5) is 0. The van der Waals surface area contributed by atoms with Crippen LogP contribution in [0.5, 0.6) is 5.75 Å². The third-order valence-corrected chi connectivity index (χ3v) is 4.03. The highest BCUT2D eigenvalue weighted by molar-refractivity contribution is 5.76. The minimum atomic E-state index is 0.0481. The van der Waals surface area contributed by atoms with E-state index in [1.54, 1.807) is 14.2 Å². The van der Waals surface area contributed by atoms with Gasteiger partial charge in [0.05, 0.1) is 25.1 Å². The summed E-state index contributed by atoms with van der Waals surface area (Å²) in [6.45, 7) is 0. The molecule has 3 rings (SSSR count). The molecule has 106 valence electrons. The number of rotatable bonds is 2. The number of aryl methyl sites for hydroxylation is 1. The van der Waals surface area contributed by atoms with Gasteiger partial charge < -0.3 is 15.2 Å². The summed E-state index contributed by atoms with van der Waals surface area (Å²) >= 11 is 0. The number of benzene rings is 1. The van der Waals surface area contributed by atoms with E-state index in [2.05, 4.69) is 5.10 Å². The summed E-state index contributed by atoms with van der Waals surface area (Å²) in [7, 11) is 5.34. The second kappa shape index (κ2) is 4.83. The van der Waals surface area contributed by atoms with Crippen LogP contribution in [0.1, 0.15) is 23.8 Å². The molecule has 5 heteroatoms. The lowest BCUT2D eigenvalue weighted by Gasteiger charge is -2.18. The first-order valence-electron chi connectivity index (χ1n) is 6.67. The van der Waals surface area contributed by atoms with Crippen LogP contribution in [0.3, 0.4) is 0 Å². The van der Waals surface area contributed by atoms with E-state index in [9.17, 15) is 0 Å².